The van der Waals surface area contributed by atoms with E-state index in [4.69, 9.17) is 4.74 Å². The van der Waals surface area contributed by atoms with E-state index in [1.54, 1.807) is 30.4 Å². The van der Waals surface area contributed by atoms with Crippen molar-refractivity contribution in [2.45, 2.75) is 13.0 Å². The Balaban J connectivity index is 1.43. The Hall–Kier alpha value is -3.25. The predicted molar refractivity (Wildman–Crippen MR) is 110 cm³/mol. The molecule has 1 amide bonds. The summed E-state index contributed by atoms with van der Waals surface area (Å²) in [4.78, 5) is 17.0. The SMILES string of the molecule is C[C@@H](Oc1ccccc1F)C(=O)Nc1ccc(-c2nc3ccccc3s2)cc1. The van der Waals surface area contributed by atoms with Gasteiger partial charge in [-0.15, -0.1) is 11.3 Å². The first-order valence-corrected chi connectivity index (χ1v) is 9.60. The van der Waals surface area contributed by atoms with E-state index in [1.165, 1.54) is 12.1 Å². The van der Waals surface area contributed by atoms with Crippen LogP contribution in [0.4, 0.5) is 10.1 Å². The Morgan fingerprint density at radius 3 is 2.50 bits per heavy atom. The molecular formula is C22H17FN2O2S. The molecule has 0 saturated heterocycles. The van der Waals surface area contributed by atoms with E-state index in [0.717, 1.165) is 20.8 Å². The third-order valence-electron chi connectivity index (χ3n) is 4.20. The van der Waals surface area contributed by atoms with Crippen LogP contribution in [-0.4, -0.2) is 17.0 Å². The average molecular weight is 392 g/mol. The summed E-state index contributed by atoms with van der Waals surface area (Å²) in [5, 5.41) is 3.71. The Bertz CT molecular complexity index is 1090. The van der Waals surface area contributed by atoms with Gasteiger partial charge in [0.1, 0.15) is 5.01 Å². The lowest BCUT2D eigenvalue weighted by atomic mass is 10.2. The molecule has 0 unspecified atom stereocenters. The van der Waals surface area contributed by atoms with Crippen molar-refractivity contribution in [3.63, 3.8) is 0 Å². The lowest BCUT2D eigenvalue weighted by Crippen LogP contribution is -2.30. The Kier molecular flexibility index (Phi) is 5.04. The monoisotopic (exact) mass is 392 g/mol. The van der Waals surface area contributed by atoms with Crippen LogP contribution < -0.4 is 10.1 Å². The Morgan fingerprint density at radius 1 is 1.04 bits per heavy atom. The summed E-state index contributed by atoms with van der Waals surface area (Å²) in [6, 6.07) is 21.5. The van der Waals surface area contributed by atoms with Crippen LogP contribution in [0.2, 0.25) is 0 Å². The van der Waals surface area contributed by atoms with Gasteiger partial charge < -0.3 is 10.1 Å². The van der Waals surface area contributed by atoms with Gasteiger partial charge in [0.05, 0.1) is 10.2 Å². The summed E-state index contributed by atoms with van der Waals surface area (Å²) in [6.07, 6.45) is -0.833. The number of hydrogen-bond donors (Lipinski definition) is 1. The first kappa shape index (κ1) is 18.1. The van der Waals surface area contributed by atoms with Gasteiger partial charge in [0.15, 0.2) is 17.7 Å². The van der Waals surface area contributed by atoms with Crippen molar-refractivity contribution >= 4 is 33.1 Å². The second-order valence-corrected chi connectivity index (χ2v) is 7.27. The number of hydrogen-bond acceptors (Lipinski definition) is 4. The molecule has 1 N–H and O–H groups in total. The highest BCUT2D eigenvalue weighted by molar-refractivity contribution is 7.21. The van der Waals surface area contributed by atoms with Gasteiger partial charge in [-0.1, -0.05) is 24.3 Å². The normalized spacial score (nSPS) is 11.9. The molecule has 1 atom stereocenters. The summed E-state index contributed by atoms with van der Waals surface area (Å²) in [7, 11) is 0. The van der Waals surface area contributed by atoms with E-state index in [9.17, 15) is 9.18 Å². The van der Waals surface area contributed by atoms with Crippen LogP contribution in [0.3, 0.4) is 0 Å². The number of halogens is 1. The summed E-state index contributed by atoms with van der Waals surface area (Å²) in [5.41, 5.74) is 2.59. The molecule has 4 rings (SSSR count). The molecule has 0 aliphatic rings. The van der Waals surface area contributed by atoms with E-state index >= 15 is 0 Å². The first-order chi connectivity index (χ1) is 13.6. The zero-order chi connectivity index (χ0) is 19.5. The molecule has 1 aromatic heterocycles. The van der Waals surface area contributed by atoms with Crippen LogP contribution in [0.15, 0.2) is 72.8 Å². The smallest absolute Gasteiger partial charge is 0.265 e. The molecule has 0 aliphatic carbocycles. The van der Waals surface area contributed by atoms with Gasteiger partial charge in [0.25, 0.3) is 5.91 Å². The minimum Gasteiger partial charge on any atom is -0.478 e. The Morgan fingerprint density at radius 2 is 1.75 bits per heavy atom. The van der Waals surface area contributed by atoms with E-state index < -0.39 is 11.9 Å². The molecule has 6 heteroatoms. The van der Waals surface area contributed by atoms with Gasteiger partial charge in [0.2, 0.25) is 0 Å². The van der Waals surface area contributed by atoms with Gasteiger partial charge in [-0.05, 0) is 55.5 Å². The van der Waals surface area contributed by atoms with E-state index in [2.05, 4.69) is 10.3 Å². The fourth-order valence-corrected chi connectivity index (χ4v) is 3.69. The van der Waals surface area contributed by atoms with E-state index in [-0.39, 0.29) is 11.7 Å². The molecule has 3 aromatic carbocycles. The first-order valence-electron chi connectivity index (χ1n) is 8.78. The number of nitrogens with one attached hydrogen (secondary N) is 1. The van der Waals surface area contributed by atoms with Crippen LogP contribution >= 0.6 is 11.3 Å². The second kappa shape index (κ2) is 7.78. The largest absolute Gasteiger partial charge is 0.478 e. The lowest BCUT2D eigenvalue weighted by molar-refractivity contribution is -0.122. The molecule has 140 valence electrons. The van der Waals surface area contributed by atoms with Crippen LogP contribution in [0.5, 0.6) is 5.75 Å². The fraction of sp³-hybridized carbons (Fsp3) is 0.0909. The topological polar surface area (TPSA) is 51.2 Å². The van der Waals surface area contributed by atoms with E-state index in [0.29, 0.717) is 5.69 Å². The van der Waals surface area contributed by atoms with Gasteiger partial charge >= 0.3 is 0 Å². The molecule has 28 heavy (non-hydrogen) atoms. The average Bonchev–Trinajstić information content (AvgIpc) is 3.14. The molecule has 4 aromatic rings. The number of carbonyl (C=O) groups excluding carboxylic acids is 1. The molecule has 0 spiro atoms. The zero-order valence-electron chi connectivity index (χ0n) is 15.1. The third-order valence-corrected chi connectivity index (χ3v) is 5.29. The minimum atomic E-state index is -0.833. The third kappa shape index (κ3) is 3.87. The number of nitrogens with zero attached hydrogens (tertiary/aromatic N) is 1. The van der Waals surface area contributed by atoms with E-state index in [1.807, 2.05) is 48.5 Å². The van der Waals surface area contributed by atoms with Crippen LogP contribution in [0.1, 0.15) is 6.92 Å². The molecule has 0 bridgehead atoms. The van der Waals surface area contributed by atoms with Crippen LogP contribution in [0, 0.1) is 5.82 Å². The number of rotatable bonds is 5. The Labute approximate surface area is 165 Å². The summed E-state index contributed by atoms with van der Waals surface area (Å²) >= 11 is 1.62. The quantitative estimate of drug-likeness (QED) is 0.487. The molecule has 0 aliphatic heterocycles. The summed E-state index contributed by atoms with van der Waals surface area (Å²) in [6.45, 7) is 1.58. The number of ether oxygens (including phenoxy) is 1. The van der Waals surface area contributed by atoms with Crippen LogP contribution in [-0.2, 0) is 4.79 Å². The number of para-hydroxylation sites is 2. The highest BCUT2D eigenvalue weighted by atomic mass is 32.1. The molecule has 4 nitrogen and oxygen atoms in total. The molecule has 1 heterocycles. The van der Waals surface area contributed by atoms with Crippen molar-refractivity contribution in [3.05, 3.63) is 78.6 Å². The lowest BCUT2D eigenvalue weighted by Gasteiger charge is -2.15. The van der Waals surface area contributed by atoms with Gasteiger partial charge in [-0.3, -0.25) is 4.79 Å². The number of thiazole rings is 1. The maximum Gasteiger partial charge on any atom is 0.265 e. The molecule has 0 fully saturated rings. The molecule has 0 saturated carbocycles. The predicted octanol–water partition coefficient (Wildman–Crippen LogP) is 5.51. The van der Waals surface area contributed by atoms with Crippen molar-refractivity contribution in [1.82, 2.24) is 4.98 Å². The highest BCUT2D eigenvalue weighted by Gasteiger charge is 2.16. The maximum atomic E-state index is 13.7. The molecule has 0 radical (unpaired) electrons. The van der Waals surface area contributed by atoms with Gasteiger partial charge in [0, 0.05) is 11.3 Å². The number of fused-ring (bicyclic) bond motifs is 1. The summed E-state index contributed by atoms with van der Waals surface area (Å²) in [5.74, 6) is -0.797. The number of anilines is 1. The number of aromatic nitrogens is 1. The summed E-state index contributed by atoms with van der Waals surface area (Å²) < 4.78 is 20.2. The van der Waals surface area contributed by atoms with Crippen molar-refractivity contribution in [2.75, 3.05) is 5.32 Å². The maximum absolute atomic E-state index is 13.7. The zero-order valence-corrected chi connectivity index (χ0v) is 15.9. The van der Waals surface area contributed by atoms with Crippen molar-refractivity contribution in [1.29, 1.82) is 0 Å². The molecular weight excluding hydrogens is 375 g/mol. The number of amides is 1. The fourth-order valence-electron chi connectivity index (χ4n) is 2.72. The standard InChI is InChI=1S/C22H17FN2O2S/c1-14(27-19-8-4-2-6-17(19)23)21(26)24-16-12-10-15(11-13-16)22-25-18-7-3-5-9-20(18)28-22/h2-14H,1H3,(H,24,26)/t14-/m1/s1. The van der Waals surface area contributed by atoms with Crippen molar-refractivity contribution < 1.29 is 13.9 Å². The van der Waals surface area contributed by atoms with Crippen molar-refractivity contribution in [3.8, 4) is 16.3 Å². The van der Waals surface area contributed by atoms with Crippen molar-refractivity contribution in [2.24, 2.45) is 0 Å². The van der Waals surface area contributed by atoms with Crippen LogP contribution in [0.25, 0.3) is 20.8 Å². The number of benzene rings is 3. The minimum absolute atomic E-state index is 0.0522. The van der Waals surface area contributed by atoms with Gasteiger partial charge in [-0.25, -0.2) is 9.37 Å². The highest BCUT2D eigenvalue weighted by Crippen LogP contribution is 2.30. The van der Waals surface area contributed by atoms with Gasteiger partial charge in [-0.2, -0.15) is 0 Å². The second-order valence-electron chi connectivity index (χ2n) is 6.24. The number of carbonyl (C=O) groups is 1.